The number of halogens is 1. The van der Waals surface area contributed by atoms with E-state index >= 15 is 0 Å². The van der Waals surface area contributed by atoms with E-state index < -0.39 is 4.92 Å². The maximum Gasteiger partial charge on any atom is 0.235 e. The van der Waals surface area contributed by atoms with Crippen molar-refractivity contribution in [1.82, 2.24) is 0 Å². The largest absolute Gasteiger partial charge is 0.454 e. The predicted octanol–water partition coefficient (Wildman–Crippen LogP) is 2.43. The molecule has 0 atom stereocenters. The summed E-state index contributed by atoms with van der Waals surface area (Å²) < 4.78 is 11.0. The molecule has 0 aromatic heterocycles. The molecule has 1 aliphatic rings. The summed E-state index contributed by atoms with van der Waals surface area (Å²) in [5, 5.41) is 10.2. The van der Waals surface area contributed by atoms with Crippen LogP contribution < -0.4 is 9.47 Å². The van der Waals surface area contributed by atoms with E-state index in [1.807, 2.05) is 0 Å². The van der Waals surface area contributed by atoms with Crippen LogP contribution in [0.1, 0.15) is 5.56 Å². The van der Waals surface area contributed by atoms with Gasteiger partial charge in [-0.05, 0) is 17.7 Å². The van der Waals surface area contributed by atoms with Crippen LogP contribution >= 0.6 is 15.9 Å². The summed E-state index contributed by atoms with van der Waals surface area (Å²) >= 11 is 3.29. The van der Waals surface area contributed by atoms with Crippen molar-refractivity contribution in [1.29, 1.82) is 0 Å². The Morgan fingerprint density at radius 3 is 2.73 bits per heavy atom. The lowest BCUT2D eigenvalue weighted by Crippen LogP contribution is -1.92. The Balaban J connectivity index is 2.36. The first-order chi connectivity index (χ1) is 7.16. The summed E-state index contributed by atoms with van der Waals surface area (Å²) in [7, 11) is 0. The molecule has 1 aromatic carbocycles. The summed E-state index contributed by atoms with van der Waals surface area (Å²) in [5.41, 5.74) is 0.677. The smallest absolute Gasteiger partial charge is 0.235 e. The Hall–Kier alpha value is -1.56. The van der Waals surface area contributed by atoms with Gasteiger partial charge in [0.1, 0.15) is 0 Å². The number of hydrogen-bond donors (Lipinski definition) is 0. The second-order valence-electron chi connectivity index (χ2n) is 2.83. The zero-order chi connectivity index (χ0) is 10.8. The molecule has 0 unspecified atom stereocenters. The number of benzene rings is 1. The SMILES string of the molecule is O=[N+]([O-])/C=C/c1cc2c(cc1Br)OCO2. The van der Waals surface area contributed by atoms with Crippen LogP contribution in [0.15, 0.2) is 22.8 Å². The number of hydrogen-bond acceptors (Lipinski definition) is 4. The highest BCUT2D eigenvalue weighted by Gasteiger charge is 2.15. The standard InChI is InChI=1S/C9H6BrNO4/c10-7-4-9-8(14-5-15-9)3-6(7)1-2-11(12)13/h1-4H,5H2/b2-1+. The van der Waals surface area contributed by atoms with E-state index in [2.05, 4.69) is 15.9 Å². The van der Waals surface area contributed by atoms with Crippen molar-refractivity contribution in [3.63, 3.8) is 0 Å². The van der Waals surface area contributed by atoms with Gasteiger partial charge in [0.2, 0.25) is 13.0 Å². The highest BCUT2D eigenvalue weighted by molar-refractivity contribution is 9.10. The number of fused-ring (bicyclic) bond motifs is 1. The molecule has 0 bridgehead atoms. The molecule has 0 N–H and O–H groups in total. The summed E-state index contributed by atoms with van der Waals surface area (Å²) in [6.07, 6.45) is 2.27. The van der Waals surface area contributed by atoms with Crippen LogP contribution in [0.4, 0.5) is 0 Å². The van der Waals surface area contributed by atoms with Crippen molar-refractivity contribution in [3.8, 4) is 11.5 Å². The van der Waals surface area contributed by atoms with Gasteiger partial charge in [-0.3, -0.25) is 10.1 Å². The minimum atomic E-state index is -0.517. The van der Waals surface area contributed by atoms with Crippen LogP contribution in [0.3, 0.4) is 0 Å². The van der Waals surface area contributed by atoms with Crippen molar-refractivity contribution in [2.45, 2.75) is 0 Å². The molecule has 0 radical (unpaired) electrons. The van der Waals surface area contributed by atoms with Crippen LogP contribution in [-0.4, -0.2) is 11.7 Å². The fraction of sp³-hybridized carbons (Fsp3) is 0.111. The Morgan fingerprint density at radius 2 is 2.07 bits per heavy atom. The average molecular weight is 272 g/mol. The second-order valence-corrected chi connectivity index (χ2v) is 3.68. The normalized spacial score (nSPS) is 13.4. The van der Waals surface area contributed by atoms with Crippen LogP contribution in [0.2, 0.25) is 0 Å². The molecule has 0 saturated carbocycles. The van der Waals surface area contributed by atoms with Crippen molar-refractivity contribution in [3.05, 3.63) is 38.5 Å². The van der Waals surface area contributed by atoms with Crippen molar-refractivity contribution in [2.75, 3.05) is 6.79 Å². The fourth-order valence-corrected chi connectivity index (χ4v) is 1.66. The number of nitro groups is 1. The molecule has 0 amide bonds. The molecule has 6 heteroatoms. The summed E-state index contributed by atoms with van der Waals surface area (Å²) in [5.74, 6) is 1.24. The van der Waals surface area contributed by atoms with E-state index in [0.29, 0.717) is 17.1 Å². The number of rotatable bonds is 2. The topological polar surface area (TPSA) is 61.6 Å². The quantitative estimate of drug-likeness (QED) is 0.612. The molecule has 0 fully saturated rings. The Morgan fingerprint density at radius 1 is 1.40 bits per heavy atom. The summed E-state index contributed by atoms with van der Waals surface area (Å²) in [6, 6.07) is 3.41. The first-order valence-corrected chi connectivity index (χ1v) is 4.87. The molecule has 0 saturated heterocycles. The van der Waals surface area contributed by atoms with E-state index in [9.17, 15) is 10.1 Å². The molecule has 1 aliphatic heterocycles. The lowest BCUT2D eigenvalue weighted by molar-refractivity contribution is -0.400. The van der Waals surface area contributed by atoms with Gasteiger partial charge in [0.05, 0.1) is 4.92 Å². The third-order valence-electron chi connectivity index (χ3n) is 1.87. The van der Waals surface area contributed by atoms with Crippen LogP contribution in [0.25, 0.3) is 6.08 Å². The van der Waals surface area contributed by atoms with Gasteiger partial charge in [0, 0.05) is 10.5 Å². The Kier molecular flexibility index (Phi) is 2.59. The van der Waals surface area contributed by atoms with E-state index in [0.717, 1.165) is 10.7 Å². The zero-order valence-corrected chi connectivity index (χ0v) is 9.06. The molecule has 1 aromatic rings. The third kappa shape index (κ3) is 2.10. The first-order valence-electron chi connectivity index (χ1n) is 4.07. The van der Waals surface area contributed by atoms with E-state index in [1.54, 1.807) is 12.1 Å². The lowest BCUT2D eigenvalue weighted by Gasteiger charge is -2.00. The molecule has 1 heterocycles. The van der Waals surface area contributed by atoms with Crippen LogP contribution in [0, 0.1) is 10.1 Å². The minimum absolute atomic E-state index is 0.185. The number of ether oxygens (including phenoxy) is 2. The van der Waals surface area contributed by atoms with Gasteiger partial charge in [-0.2, -0.15) is 0 Å². The highest BCUT2D eigenvalue weighted by Crippen LogP contribution is 2.37. The molecule has 78 valence electrons. The lowest BCUT2D eigenvalue weighted by atomic mass is 10.2. The number of nitrogens with zero attached hydrogens (tertiary/aromatic N) is 1. The first kappa shape index (κ1) is 9.97. The molecule has 2 rings (SSSR count). The van der Waals surface area contributed by atoms with Gasteiger partial charge >= 0.3 is 0 Å². The van der Waals surface area contributed by atoms with Crippen LogP contribution in [-0.2, 0) is 0 Å². The predicted molar refractivity (Wildman–Crippen MR) is 56.3 cm³/mol. The maximum atomic E-state index is 10.2. The van der Waals surface area contributed by atoms with Gasteiger partial charge in [0.15, 0.2) is 11.5 Å². The molecular formula is C9H6BrNO4. The highest BCUT2D eigenvalue weighted by atomic mass is 79.9. The van der Waals surface area contributed by atoms with Gasteiger partial charge in [-0.15, -0.1) is 0 Å². The second kappa shape index (κ2) is 3.90. The Labute approximate surface area is 93.6 Å². The summed E-state index contributed by atoms with van der Waals surface area (Å²) in [6.45, 7) is 0.185. The van der Waals surface area contributed by atoms with Gasteiger partial charge in [-0.1, -0.05) is 15.9 Å². The molecule has 0 aliphatic carbocycles. The van der Waals surface area contributed by atoms with Gasteiger partial charge in [-0.25, -0.2) is 0 Å². The molecule has 0 spiro atoms. The van der Waals surface area contributed by atoms with Crippen molar-refractivity contribution in [2.24, 2.45) is 0 Å². The van der Waals surface area contributed by atoms with Crippen molar-refractivity contribution >= 4 is 22.0 Å². The van der Waals surface area contributed by atoms with E-state index in [4.69, 9.17) is 9.47 Å². The van der Waals surface area contributed by atoms with E-state index in [-0.39, 0.29) is 6.79 Å². The minimum Gasteiger partial charge on any atom is -0.454 e. The maximum absolute atomic E-state index is 10.2. The monoisotopic (exact) mass is 271 g/mol. The van der Waals surface area contributed by atoms with Crippen molar-refractivity contribution < 1.29 is 14.4 Å². The molecule has 5 nitrogen and oxygen atoms in total. The fourth-order valence-electron chi connectivity index (χ4n) is 1.20. The molecular weight excluding hydrogens is 266 g/mol. The third-order valence-corrected chi connectivity index (χ3v) is 2.55. The van der Waals surface area contributed by atoms with Crippen LogP contribution in [0.5, 0.6) is 11.5 Å². The van der Waals surface area contributed by atoms with Gasteiger partial charge < -0.3 is 9.47 Å². The zero-order valence-electron chi connectivity index (χ0n) is 7.47. The average Bonchev–Trinajstić information content (AvgIpc) is 2.60. The van der Waals surface area contributed by atoms with E-state index in [1.165, 1.54) is 6.08 Å². The Bertz CT molecular complexity index is 444. The van der Waals surface area contributed by atoms with Gasteiger partial charge in [0.25, 0.3) is 0 Å². The summed E-state index contributed by atoms with van der Waals surface area (Å²) in [4.78, 5) is 9.65. The molecule has 15 heavy (non-hydrogen) atoms.